The number of fused-ring (bicyclic) bond motifs is 4. The summed E-state index contributed by atoms with van der Waals surface area (Å²) in [5.41, 5.74) is 8.01. The fourth-order valence-electron chi connectivity index (χ4n) is 8.12. The molecule has 0 aromatic heterocycles. The van der Waals surface area contributed by atoms with Crippen LogP contribution in [0.5, 0.6) is 0 Å². The standard InChI is InChI=1S/C28H44/c1-19(2)9-7-10-20(3)24-14-15-25-22-12-13-23-21(4)11-8-17-27(23,5)26(22)16-18-28(24,25)6/h9,15,20-21,23-24H,7-8,10-14,16-18H2,1-6H3/t20-,21?,23?,24-,27+,28-/m1/s1. The zero-order valence-corrected chi connectivity index (χ0v) is 19.5. The second-order valence-corrected chi connectivity index (χ2v) is 11.6. The zero-order valence-electron chi connectivity index (χ0n) is 19.5. The van der Waals surface area contributed by atoms with Crippen molar-refractivity contribution < 1.29 is 0 Å². The molecule has 0 aromatic carbocycles. The van der Waals surface area contributed by atoms with Gasteiger partial charge in [0.15, 0.2) is 0 Å². The summed E-state index contributed by atoms with van der Waals surface area (Å²) in [6, 6.07) is 0. The van der Waals surface area contributed by atoms with Crippen LogP contribution in [0, 0.1) is 34.5 Å². The fraction of sp³-hybridized carbons (Fsp3) is 0.786. The largest absolute Gasteiger partial charge is 0.0859 e. The average molecular weight is 381 g/mol. The predicted molar refractivity (Wildman–Crippen MR) is 122 cm³/mol. The van der Waals surface area contributed by atoms with E-state index in [-0.39, 0.29) is 0 Å². The number of hydrogen-bond acceptors (Lipinski definition) is 0. The lowest BCUT2D eigenvalue weighted by Crippen LogP contribution is -2.44. The van der Waals surface area contributed by atoms with Gasteiger partial charge < -0.3 is 0 Å². The first-order valence-corrected chi connectivity index (χ1v) is 12.3. The minimum Gasteiger partial charge on any atom is -0.0859 e. The first kappa shape index (κ1) is 20.5. The van der Waals surface area contributed by atoms with Gasteiger partial charge in [0.25, 0.3) is 0 Å². The summed E-state index contributed by atoms with van der Waals surface area (Å²) in [7, 11) is 0. The van der Waals surface area contributed by atoms with E-state index in [4.69, 9.17) is 0 Å². The normalized spacial score (nSPS) is 40.9. The van der Waals surface area contributed by atoms with E-state index in [9.17, 15) is 0 Å². The topological polar surface area (TPSA) is 0 Å². The molecule has 0 amide bonds. The third-order valence-electron chi connectivity index (χ3n) is 9.71. The lowest BCUT2D eigenvalue weighted by Gasteiger charge is -2.55. The molecule has 0 nitrogen and oxygen atoms in total. The van der Waals surface area contributed by atoms with Gasteiger partial charge >= 0.3 is 0 Å². The van der Waals surface area contributed by atoms with Crippen molar-refractivity contribution in [2.24, 2.45) is 34.5 Å². The Kier molecular flexibility index (Phi) is 5.47. The SMILES string of the molecule is CC(C)=CCC[C@@H](C)[C@H]1CC=C2C3=C(CC[C@@]21C)[C@@]1(C)CCCC(C)C1CC3. The maximum Gasteiger partial charge on any atom is -0.00389 e. The van der Waals surface area contributed by atoms with E-state index in [1.807, 2.05) is 16.7 Å². The molecule has 0 heteroatoms. The van der Waals surface area contributed by atoms with E-state index < -0.39 is 0 Å². The highest BCUT2D eigenvalue weighted by Crippen LogP contribution is 2.64. The minimum absolute atomic E-state index is 0.451. The summed E-state index contributed by atoms with van der Waals surface area (Å²) >= 11 is 0. The monoisotopic (exact) mass is 380 g/mol. The Balaban J connectivity index is 1.58. The van der Waals surface area contributed by atoms with Crippen molar-refractivity contribution in [1.29, 1.82) is 0 Å². The van der Waals surface area contributed by atoms with Crippen LogP contribution in [0.2, 0.25) is 0 Å². The van der Waals surface area contributed by atoms with Crippen molar-refractivity contribution in [2.45, 2.75) is 106 Å². The first-order valence-electron chi connectivity index (χ1n) is 12.3. The molecule has 0 radical (unpaired) electrons. The lowest BCUT2D eigenvalue weighted by atomic mass is 9.50. The molecule has 0 aromatic rings. The quantitative estimate of drug-likeness (QED) is 0.428. The molecule has 156 valence electrons. The zero-order chi connectivity index (χ0) is 20.1. The van der Waals surface area contributed by atoms with Crippen LogP contribution in [-0.4, -0.2) is 0 Å². The highest BCUT2D eigenvalue weighted by atomic mass is 14.6. The molecule has 2 unspecified atom stereocenters. The van der Waals surface area contributed by atoms with Crippen molar-refractivity contribution in [2.75, 3.05) is 0 Å². The molecule has 1 saturated carbocycles. The molecule has 0 saturated heterocycles. The molecule has 1 fully saturated rings. The van der Waals surface area contributed by atoms with Gasteiger partial charge in [0, 0.05) is 0 Å². The first-order chi connectivity index (χ1) is 13.3. The van der Waals surface area contributed by atoms with Gasteiger partial charge in [-0.25, -0.2) is 0 Å². The van der Waals surface area contributed by atoms with Gasteiger partial charge in [-0.15, -0.1) is 0 Å². The number of hydrogen-bond donors (Lipinski definition) is 0. The Labute approximate surface area is 175 Å². The van der Waals surface area contributed by atoms with Gasteiger partial charge in [0.1, 0.15) is 0 Å². The van der Waals surface area contributed by atoms with Gasteiger partial charge in [0.05, 0.1) is 0 Å². The number of allylic oxidation sites excluding steroid dienone is 6. The smallest absolute Gasteiger partial charge is 0.00389 e. The van der Waals surface area contributed by atoms with E-state index in [2.05, 4.69) is 53.7 Å². The molecule has 28 heavy (non-hydrogen) atoms. The Morgan fingerprint density at radius 3 is 2.68 bits per heavy atom. The summed E-state index contributed by atoms with van der Waals surface area (Å²) in [6.45, 7) is 14.8. The molecule has 4 rings (SSSR count). The van der Waals surface area contributed by atoms with Crippen LogP contribution in [0.3, 0.4) is 0 Å². The van der Waals surface area contributed by atoms with Crippen LogP contribution in [0.4, 0.5) is 0 Å². The molecule has 4 aliphatic carbocycles. The summed E-state index contributed by atoms with van der Waals surface area (Å²) < 4.78 is 0. The maximum atomic E-state index is 2.70. The van der Waals surface area contributed by atoms with Gasteiger partial charge in [-0.2, -0.15) is 0 Å². The third-order valence-corrected chi connectivity index (χ3v) is 9.71. The van der Waals surface area contributed by atoms with Crippen molar-refractivity contribution in [3.63, 3.8) is 0 Å². The summed E-state index contributed by atoms with van der Waals surface area (Å²) in [6.07, 6.45) is 19.1. The summed E-state index contributed by atoms with van der Waals surface area (Å²) in [5.74, 6) is 3.57. The molecule has 0 aliphatic heterocycles. The van der Waals surface area contributed by atoms with Gasteiger partial charge in [0.2, 0.25) is 0 Å². The van der Waals surface area contributed by atoms with E-state index in [1.165, 1.54) is 69.8 Å². The van der Waals surface area contributed by atoms with E-state index in [1.54, 1.807) is 0 Å². The van der Waals surface area contributed by atoms with Gasteiger partial charge in [-0.05, 0) is 111 Å². The summed E-state index contributed by atoms with van der Waals surface area (Å²) in [5, 5.41) is 0. The molecule has 0 heterocycles. The average Bonchev–Trinajstić information content (AvgIpc) is 2.98. The van der Waals surface area contributed by atoms with Crippen molar-refractivity contribution in [3.8, 4) is 0 Å². The Morgan fingerprint density at radius 1 is 1.14 bits per heavy atom. The third kappa shape index (κ3) is 3.18. The van der Waals surface area contributed by atoms with Crippen LogP contribution in [0.25, 0.3) is 0 Å². The maximum absolute atomic E-state index is 2.70. The molecular weight excluding hydrogens is 336 g/mol. The van der Waals surface area contributed by atoms with Crippen molar-refractivity contribution >= 4 is 0 Å². The fourth-order valence-corrected chi connectivity index (χ4v) is 8.12. The molecule has 6 atom stereocenters. The highest BCUT2D eigenvalue weighted by molar-refractivity contribution is 5.49. The van der Waals surface area contributed by atoms with E-state index in [0.717, 1.165) is 23.7 Å². The van der Waals surface area contributed by atoms with Crippen LogP contribution in [-0.2, 0) is 0 Å². The molecule has 4 aliphatic rings. The van der Waals surface area contributed by atoms with Crippen molar-refractivity contribution in [1.82, 2.24) is 0 Å². The molecule has 0 spiro atoms. The van der Waals surface area contributed by atoms with Gasteiger partial charge in [-0.1, -0.05) is 63.8 Å². The van der Waals surface area contributed by atoms with E-state index >= 15 is 0 Å². The van der Waals surface area contributed by atoms with Crippen LogP contribution < -0.4 is 0 Å². The van der Waals surface area contributed by atoms with E-state index in [0.29, 0.717) is 10.8 Å². The second-order valence-electron chi connectivity index (χ2n) is 11.6. The Bertz CT molecular complexity index is 700. The summed E-state index contributed by atoms with van der Waals surface area (Å²) in [4.78, 5) is 0. The van der Waals surface area contributed by atoms with Crippen molar-refractivity contribution in [3.05, 3.63) is 34.4 Å². The lowest BCUT2D eigenvalue weighted by molar-refractivity contribution is 0.0674. The molecular formula is C28H44. The van der Waals surface area contributed by atoms with Crippen LogP contribution in [0.15, 0.2) is 34.4 Å². The van der Waals surface area contributed by atoms with Crippen LogP contribution >= 0.6 is 0 Å². The van der Waals surface area contributed by atoms with Gasteiger partial charge in [-0.3, -0.25) is 0 Å². The Morgan fingerprint density at radius 2 is 1.93 bits per heavy atom. The van der Waals surface area contributed by atoms with Crippen LogP contribution in [0.1, 0.15) is 106 Å². The molecule has 0 N–H and O–H groups in total. The minimum atomic E-state index is 0.451. The predicted octanol–water partition coefficient (Wildman–Crippen LogP) is 8.65. The second kappa shape index (κ2) is 7.48. The molecule has 0 bridgehead atoms. The Hall–Kier alpha value is -0.780. The highest BCUT2D eigenvalue weighted by Gasteiger charge is 2.53. The number of rotatable bonds is 4.